The standard InChI is InChI=1S/C12H12N2O/c15-9-5-8(6-9)7-12-13-10-3-1-2-4-11(10)14-12/h1-4,8H,5-7H2,(H,13,14). The van der Waals surface area contributed by atoms with Crippen LogP contribution < -0.4 is 0 Å². The normalized spacial score (nSPS) is 16.9. The zero-order valence-electron chi connectivity index (χ0n) is 8.36. The van der Waals surface area contributed by atoms with E-state index in [1.165, 1.54) is 0 Å². The van der Waals surface area contributed by atoms with Crippen LogP contribution in [-0.2, 0) is 11.2 Å². The number of rotatable bonds is 2. The maximum atomic E-state index is 10.8. The Morgan fingerprint density at radius 1 is 1.33 bits per heavy atom. The van der Waals surface area contributed by atoms with Gasteiger partial charge in [0, 0.05) is 19.3 Å². The van der Waals surface area contributed by atoms with Crippen LogP contribution in [0.5, 0.6) is 0 Å². The number of benzene rings is 1. The number of hydrogen-bond donors (Lipinski definition) is 1. The number of fused-ring (bicyclic) bond motifs is 1. The van der Waals surface area contributed by atoms with Gasteiger partial charge in [0.1, 0.15) is 11.6 Å². The van der Waals surface area contributed by atoms with Gasteiger partial charge in [-0.3, -0.25) is 4.79 Å². The molecule has 1 aromatic heterocycles. The van der Waals surface area contributed by atoms with Crippen LogP contribution in [0.2, 0.25) is 0 Å². The molecule has 3 rings (SSSR count). The number of Topliss-reactive ketones (excluding diaryl/α,β-unsaturated/α-hetero) is 1. The highest BCUT2D eigenvalue weighted by Gasteiger charge is 2.27. The van der Waals surface area contributed by atoms with Crippen molar-refractivity contribution in [3.63, 3.8) is 0 Å². The van der Waals surface area contributed by atoms with E-state index in [2.05, 4.69) is 9.97 Å². The predicted molar refractivity (Wildman–Crippen MR) is 57.5 cm³/mol. The molecular weight excluding hydrogens is 188 g/mol. The van der Waals surface area contributed by atoms with Gasteiger partial charge >= 0.3 is 0 Å². The summed E-state index contributed by atoms with van der Waals surface area (Å²) in [5.41, 5.74) is 2.09. The Kier molecular flexibility index (Phi) is 1.84. The highest BCUT2D eigenvalue weighted by atomic mass is 16.1. The van der Waals surface area contributed by atoms with E-state index in [-0.39, 0.29) is 0 Å². The summed E-state index contributed by atoms with van der Waals surface area (Å²) in [5.74, 6) is 1.91. The minimum atomic E-state index is 0.385. The van der Waals surface area contributed by atoms with Gasteiger partial charge in [-0.15, -0.1) is 0 Å². The molecule has 0 atom stereocenters. The summed E-state index contributed by atoms with van der Waals surface area (Å²) in [6.45, 7) is 0. The fourth-order valence-corrected chi connectivity index (χ4v) is 2.10. The lowest BCUT2D eigenvalue weighted by molar-refractivity contribution is -0.126. The Balaban J connectivity index is 1.83. The summed E-state index contributed by atoms with van der Waals surface area (Å²) < 4.78 is 0. The Morgan fingerprint density at radius 2 is 2.13 bits per heavy atom. The maximum Gasteiger partial charge on any atom is 0.133 e. The molecule has 1 heterocycles. The predicted octanol–water partition coefficient (Wildman–Crippen LogP) is 2.08. The van der Waals surface area contributed by atoms with Crippen LogP contribution >= 0.6 is 0 Å². The summed E-state index contributed by atoms with van der Waals surface area (Å²) in [7, 11) is 0. The number of carbonyl (C=O) groups is 1. The summed E-state index contributed by atoms with van der Waals surface area (Å²) in [5, 5.41) is 0. The minimum absolute atomic E-state index is 0.385. The van der Waals surface area contributed by atoms with Gasteiger partial charge in [-0.1, -0.05) is 12.1 Å². The number of nitrogens with one attached hydrogen (secondary N) is 1. The first kappa shape index (κ1) is 8.65. The van der Waals surface area contributed by atoms with Crippen molar-refractivity contribution in [3.8, 4) is 0 Å². The van der Waals surface area contributed by atoms with Crippen LogP contribution in [0.25, 0.3) is 11.0 Å². The van der Waals surface area contributed by atoms with Crippen molar-refractivity contribution in [2.75, 3.05) is 0 Å². The lowest BCUT2D eigenvalue weighted by Crippen LogP contribution is -2.25. The van der Waals surface area contributed by atoms with Crippen molar-refractivity contribution in [3.05, 3.63) is 30.1 Å². The smallest absolute Gasteiger partial charge is 0.133 e. The first-order valence-corrected chi connectivity index (χ1v) is 5.26. The molecule has 3 heteroatoms. The van der Waals surface area contributed by atoms with E-state index in [0.717, 1.165) is 36.1 Å². The van der Waals surface area contributed by atoms with E-state index in [1.807, 2.05) is 24.3 Å². The third kappa shape index (κ3) is 1.54. The third-order valence-corrected chi connectivity index (χ3v) is 2.95. The second kappa shape index (κ2) is 3.19. The average molecular weight is 200 g/mol. The molecule has 0 aliphatic heterocycles. The van der Waals surface area contributed by atoms with Gasteiger partial charge in [0.05, 0.1) is 11.0 Å². The van der Waals surface area contributed by atoms with Crippen LogP contribution in [0.3, 0.4) is 0 Å². The molecule has 3 nitrogen and oxygen atoms in total. The van der Waals surface area contributed by atoms with Gasteiger partial charge < -0.3 is 4.98 Å². The van der Waals surface area contributed by atoms with Gasteiger partial charge in [-0.25, -0.2) is 4.98 Å². The summed E-state index contributed by atoms with van der Waals surface area (Å²) >= 11 is 0. The first-order valence-electron chi connectivity index (χ1n) is 5.26. The van der Waals surface area contributed by atoms with E-state index in [0.29, 0.717) is 11.7 Å². The summed E-state index contributed by atoms with van der Waals surface area (Å²) in [4.78, 5) is 18.6. The zero-order valence-corrected chi connectivity index (χ0v) is 8.36. The van der Waals surface area contributed by atoms with Crippen LogP contribution in [0, 0.1) is 5.92 Å². The Morgan fingerprint density at radius 3 is 2.87 bits per heavy atom. The van der Waals surface area contributed by atoms with Gasteiger partial charge in [0.25, 0.3) is 0 Å². The van der Waals surface area contributed by atoms with Crippen molar-refractivity contribution in [2.24, 2.45) is 5.92 Å². The number of para-hydroxylation sites is 2. The van der Waals surface area contributed by atoms with Gasteiger partial charge in [0.2, 0.25) is 0 Å². The molecule has 76 valence electrons. The van der Waals surface area contributed by atoms with Crippen LogP contribution in [0.4, 0.5) is 0 Å². The fraction of sp³-hybridized carbons (Fsp3) is 0.333. The largest absolute Gasteiger partial charge is 0.342 e. The molecule has 0 saturated heterocycles. The lowest BCUT2D eigenvalue weighted by Gasteiger charge is -2.22. The number of aromatic amines is 1. The van der Waals surface area contributed by atoms with Gasteiger partial charge in [-0.2, -0.15) is 0 Å². The van der Waals surface area contributed by atoms with Crippen LogP contribution in [0.15, 0.2) is 24.3 Å². The maximum absolute atomic E-state index is 10.8. The molecular formula is C12H12N2O. The third-order valence-electron chi connectivity index (χ3n) is 2.95. The second-order valence-corrected chi connectivity index (χ2v) is 4.22. The molecule has 15 heavy (non-hydrogen) atoms. The molecule has 0 radical (unpaired) electrons. The fourth-order valence-electron chi connectivity index (χ4n) is 2.10. The van der Waals surface area contributed by atoms with E-state index in [9.17, 15) is 4.79 Å². The van der Waals surface area contributed by atoms with Crippen molar-refractivity contribution < 1.29 is 4.79 Å². The van der Waals surface area contributed by atoms with Gasteiger partial charge in [-0.05, 0) is 18.1 Å². The highest BCUT2D eigenvalue weighted by molar-refractivity contribution is 5.84. The molecule has 1 aliphatic carbocycles. The summed E-state index contributed by atoms with van der Waals surface area (Å²) in [6.07, 6.45) is 2.37. The van der Waals surface area contributed by atoms with Crippen molar-refractivity contribution in [1.29, 1.82) is 0 Å². The number of nitrogens with zero attached hydrogens (tertiary/aromatic N) is 1. The van der Waals surface area contributed by atoms with E-state index in [4.69, 9.17) is 0 Å². The molecule has 1 aliphatic rings. The van der Waals surface area contributed by atoms with E-state index >= 15 is 0 Å². The van der Waals surface area contributed by atoms with Crippen LogP contribution in [0.1, 0.15) is 18.7 Å². The molecule has 0 unspecified atom stereocenters. The molecule has 0 amide bonds. The quantitative estimate of drug-likeness (QED) is 0.806. The number of H-pyrrole nitrogens is 1. The number of ketones is 1. The topological polar surface area (TPSA) is 45.8 Å². The van der Waals surface area contributed by atoms with Crippen LogP contribution in [-0.4, -0.2) is 15.8 Å². The number of hydrogen-bond acceptors (Lipinski definition) is 2. The van der Waals surface area contributed by atoms with Crippen molar-refractivity contribution in [2.45, 2.75) is 19.3 Å². The number of imidazole rings is 1. The second-order valence-electron chi connectivity index (χ2n) is 4.22. The molecule has 0 bridgehead atoms. The zero-order chi connectivity index (χ0) is 10.3. The Bertz CT molecular complexity index is 474. The van der Waals surface area contributed by atoms with E-state index in [1.54, 1.807) is 0 Å². The van der Waals surface area contributed by atoms with E-state index < -0.39 is 0 Å². The van der Waals surface area contributed by atoms with Gasteiger partial charge in [0.15, 0.2) is 0 Å². The average Bonchev–Trinajstić information content (AvgIpc) is 2.57. The van der Waals surface area contributed by atoms with Crippen molar-refractivity contribution in [1.82, 2.24) is 9.97 Å². The van der Waals surface area contributed by atoms with Crippen molar-refractivity contribution >= 4 is 16.8 Å². The Labute approximate surface area is 87.5 Å². The molecule has 1 N–H and O–H groups in total. The molecule has 1 aromatic carbocycles. The minimum Gasteiger partial charge on any atom is -0.342 e. The lowest BCUT2D eigenvalue weighted by atomic mass is 9.81. The monoisotopic (exact) mass is 200 g/mol. The Hall–Kier alpha value is -1.64. The summed E-state index contributed by atoms with van der Waals surface area (Å²) in [6, 6.07) is 8.01. The number of aromatic nitrogens is 2. The first-order chi connectivity index (χ1) is 7.31. The SMILES string of the molecule is O=C1CC(Cc2nc3ccccc3[nH]2)C1. The molecule has 0 spiro atoms. The highest BCUT2D eigenvalue weighted by Crippen LogP contribution is 2.26. The molecule has 1 fully saturated rings. The molecule has 2 aromatic rings. The molecule has 1 saturated carbocycles. The number of carbonyl (C=O) groups excluding carboxylic acids is 1.